The highest BCUT2D eigenvalue weighted by Gasteiger charge is 2.67. The molecule has 4 nitrogen and oxygen atoms in total. The van der Waals surface area contributed by atoms with Crippen LogP contribution in [0.3, 0.4) is 0 Å². The highest BCUT2D eigenvalue weighted by Crippen LogP contribution is 2.76. The summed E-state index contributed by atoms with van der Waals surface area (Å²) < 4.78 is 11.2. The third-order valence-corrected chi connectivity index (χ3v) is 13.4. The van der Waals surface area contributed by atoms with Gasteiger partial charge < -0.3 is 9.47 Å². The second-order valence-electron chi connectivity index (χ2n) is 15.9. The fourth-order valence-corrected chi connectivity index (χ4v) is 11.9. The fraction of sp³-hybridized carbons (Fsp3) is 0.650. The van der Waals surface area contributed by atoms with Gasteiger partial charge in [-0.2, -0.15) is 0 Å². The van der Waals surface area contributed by atoms with Crippen molar-refractivity contribution in [3.8, 4) is 24.0 Å². The summed E-state index contributed by atoms with van der Waals surface area (Å²) in [4.78, 5) is 0. The second kappa shape index (κ2) is 11.4. The van der Waals surface area contributed by atoms with Crippen LogP contribution in [-0.4, -0.2) is 0 Å². The summed E-state index contributed by atoms with van der Waals surface area (Å²) in [5, 5.41) is 19.0. The molecule has 4 bridgehead atoms. The fourth-order valence-electron chi connectivity index (χ4n) is 11.9. The first-order valence-corrected chi connectivity index (χ1v) is 17.8. The van der Waals surface area contributed by atoms with Gasteiger partial charge in [0.05, 0.1) is 0 Å². The molecule has 6 aliphatic rings. The molecule has 44 heavy (non-hydrogen) atoms. The van der Waals surface area contributed by atoms with Crippen LogP contribution in [0.15, 0.2) is 36.4 Å². The molecule has 2 aromatic rings. The second-order valence-corrected chi connectivity index (χ2v) is 15.9. The van der Waals surface area contributed by atoms with Crippen LogP contribution < -0.4 is 9.47 Å². The maximum Gasteiger partial charge on any atom is 0.292 e. The van der Waals surface area contributed by atoms with Crippen molar-refractivity contribution >= 4 is 0 Å². The van der Waals surface area contributed by atoms with E-state index in [-0.39, 0.29) is 10.8 Å². The van der Waals surface area contributed by atoms with Gasteiger partial charge in [0, 0.05) is 0 Å². The number of hydrogen-bond donors (Lipinski definition) is 0. The monoisotopic (exact) mass is 590 g/mol. The van der Waals surface area contributed by atoms with E-state index in [0.717, 1.165) is 11.5 Å². The van der Waals surface area contributed by atoms with Gasteiger partial charge in [-0.25, -0.2) is 0 Å². The summed E-state index contributed by atoms with van der Waals surface area (Å²) >= 11 is 0. The van der Waals surface area contributed by atoms with Crippen molar-refractivity contribution in [1.82, 2.24) is 0 Å². The zero-order valence-electron chi connectivity index (χ0n) is 27.1. The van der Waals surface area contributed by atoms with E-state index in [1.54, 1.807) is 0 Å². The summed E-state index contributed by atoms with van der Waals surface area (Å²) in [5.41, 5.74) is 6.49. The van der Waals surface area contributed by atoms with E-state index in [9.17, 15) is 10.5 Å². The van der Waals surface area contributed by atoms with E-state index in [4.69, 9.17) is 9.47 Å². The minimum Gasteiger partial charge on any atom is -0.388 e. The molecule has 0 atom stereocenters. The maximum absolute atomic E-state index is 9.50. The number of rotatable bonds is 8. The number of ether oxygens (including phenoxy) is 2. The van der Waals surface area contributed by atoms with E-state index in [1.165, 1.54) is 138 Å². The normalized spacial score (nSPS) is 33.5. The van der Waals surface area contributed by atoms with Crippen molar-refractivity contribution in [1.29, 1.82) is 10.5 Å². The van der Waals surface area contributed by atoms with Crippen LogP contribution in [0.25, 0.3) is 0 Å². The van der Waals surface area contributed by atoms with Gasteiger partial charge in [-0.3, -0.25) is 0 Å². The quantitative estimate of drug-likeness (QED) is 0.287. The lowest BCUT2D eigenvalue weighted by atomic mass is 9.33. The Bertz CT molecular complexity index is 1340. The molecule has 6 saturated carbocycles. The molecular weight excluding hydrogens is 540 g/mol. The van der Waals surface area contributed by atoms with E-state index >= 15 is 0 Å². The van der Waals surface area contributed by atoms with Crippen LogP contribution in [0.1, 0.15) is 164 Å². The summed E-state index contributed by atoms with van der Waals surface area (Å²) in [6.07, 6.45) is 26.5. The highest BCUT2D eigenvalue weighted by molar-refractivity contribution is 5.49. The average Bonchev–Trinajstić information content (AvgIpc) is 3.05. The molecule has 0 N–H and O–H groups in total. The predicted octanol–water partition coefficient (Wildman–Crippen LogP) is 10.9. The highest BCUT2D eigenvalue weighted by atomic mass is 16.5. The molecule has 8 rings (SSSR count). The van der Waals surface area contributed by atoms with Crippen LogP contribution in [0.4, 0.5) is 0 Å². The van der Waals surface area contributed by atoms with Gasteiger partial charge in [-0.15, -0.1) is 10.5 Å². The van der Waals surface area contributed by atoms with Crippen molar-refractivity contribution in [2.45, 2.75) is 152 Å². The molecule has 0 amide bonds. The van der Waals surface area contributed by atoms with Gasteiger partial charge in [0.15, 0.2) is 0 Å². The molecule has 0 radical (unpaired) electrons. The molecule has 6 aliphatic carbocycles. The van der Waals surface area contributed by atoms with Crippen molar-refractivity contribution in [3.63, 3.8) is 0 Å². The van der Waals surface area contributed by atoms with Crippen LogP contribution in [-0.2, 0) is 10.8 Å². The molecular formula is C40H50N2O2. The molecule has 0 aromatic heterocycles. The number of hydrogen-bond acceptors (Lipinski definition) is 4. The molecule has 6 fully saturated rings. The topological polar surface area (TPSA) is 66.0 Å². The van der Waals surface area contributed by atoms with E-state index in [1.807, 2.05) is 12.5 Å². The summed E-state index contributed by atoms with van der Waals surface area (Å²) in [6, 6.07) is 14.0. The molecule has 0 saturated heterocycles. The zero-order valence-corrected chi connectivity index (χ0v) is 27.1. The van der Waals surface area contributed by atoms with Crippen molar-refractivity contribution in [2.75, 3.05) is 0 Å². The number of nitrogens with zero attached hydrogens (tertiary/aromatic N) is 2. The lowest BCUT2D eigenvalue weighted by Gasteiger charge is -2.71. The smallest absolute Gasteiger partial charge is 0.292 e. The van der Waals surface area contributed by atoms with Gasteiger partial charge in [-0.1, -0.05) is 89.5 Å². The minimum absolute atomic E-state index is 0.127. The third-order valence-electron chi connectivity index (χ3n) is 13.4. The number of nitriles is 2. The molecule has 0 unspecified atom stereocenters. The Morgan fingerprint density at radius 2 is 1.00 bits per heavy atom. The Labute approximate surface area is 265 Å². The largest absolute Gasteiger partial charge is 0.388 e. The summed E-state index contributed by atoms with van der Waals surface area (Å²) in [5.74, 6) is 2.54. The predicted molar refractivity (Wildman–Crippen MR) is 174 cm³/mol. The molecule has 232 valence electrons. The van der Waals surface area contributed by atoms with Crippen LogP contribution in [0.2, 0.25) is 0 Å². The summed E-state index contributed by atoms with van der Waals surface area (Å²) in [7, 11) is 0. The number of benzene rings is 2. The Morgan fingerprint density at radius 1 is 0.591 bits per heavy atom. The van der Waals surface area contributed by atoms with Crippen molar-refractivity contribution in [3.05, 3.63) is 58.7 Å². The van der Waals surface area contributed by atoms with Gasteiger partial charge in [-0.05, 0) is 132 Å². The van der Waals surface area contributed by atoms with Crippen molar-refractivity contribution in [2.24, 2.45) is 10.8 Å². The lowest BCUT2D eigenvalue weighted by Crippen LogP contribution is -2.64. The first-order chi connectivity index (χ1) is 21.4. The summed E-state index contributed by atoms with van der Waals surface area (Å²) in [6.45, 7) is 4.90. The van der Waals surface area contributed by atoms with E-state index in [0.29, 0.717) is 22.7 Å². The van der Waals surface area contributed by atoms with Gasteiger partial charge in [0.1, 0.15) is 11.5 Å². The van der Waals surface area contributed by atoms with Gasteiger partial charge in [0.25, 0.3) is 12.5 Å². The first-order valence-electron chi connectivity index (χ1n) is 17.8. The Morgan fingerprint density at radius 3 is 1.36 bits per heavy atom. The molecule has 2 aromatic carbocycles. The Hall–Kier alpha value is -2.98. The Kier molecular flexibility index (Phi) is 7.72. The molecule has 0 spiro atoms. The maximum atomic E-state index is 9.50. The molecule has 0 aliphatic heterocycles. The Balaban J connectivity index is 1.36. The van der Waals surface area contributed by atoms with Crippen LogP contribution in [0.5, 0.6) is 11.5 Å². The minimum atomic E-state index is 0.127. The lowest BCUT2D eigenvalue weighted by molar-refractivity contribution is -0.145. The van der Waals surface area contributed by atoms with E-state index in [2.05, 4.69) is 50.2 Å². The van der Waals surface area contributed by atoms with Crippen molar-refractivity contribution < 1.29 is 9.47 Å². The van der Waals surface area contributed by atoms with Gasteiger partial charge >= 0.3 is 0 Å². The third kappa shape index (κ3) is 4.92. The van der Waals surface area contributed by atoms with E-state index < -0.39 is 0 Å². The van der Waals surface area contributed by atoms with Gasteiger partial charge in [0.2, 0.25) is 0 Å². The molecule has 0 heterocycles. The van der Waals surface area contributed by atoms with Crippen LogP contribution in [0, 0.1) is 33.9 Å². The van der Waals surface area contributed by atoms with Crippen LogP contribution >= 0.6 is 0 Å². The molecule has 4 heteroatoms. The SMILES string of the molecule is CCC12CC3(CC)CC(c4ccc(OC#N)c(C5CCCCC5)c4)(C1)CC(c1ccc(OC#N)c(C4CCCCC4)c1)(C2)C3. The standard InChI is InChI=1S/C40H50N2O2/c1-3-37-21-38(4-2)24-39(22-37,31-15-17-35(43-27-41)33(19-31)29-11-7-5-8-12-29)26-40(23-37,25-38)32-16-18-36(44-28-42)34(20-32)30-13-9-6-10-14-30/h15-20,29-30H,3-14,21-26H2,1-2H3. The zero-order chi connectivity index (χ0) is 30.4. The first kappa shape index (κ1) is 29.7. The average molecular weight is 591 g/mol.